The molecule has 0 aromatic heterocycles. The van der Waals surface area contributed by atoms with Gasteiger partial charge in [0, 0.05) is 29.6 Å². The number of piperidine rings is 1. The van der Waals surface area contributed by atoms with Crippen LogP contribution in [0.25, 0.3) is 10.8 Å². The number of halogens is 1. The molecule has 166 valence electrons. The molecule has 4 nitrogen and oxygen atoms in total. The Labute approximate surface area is 188 Å². The van der Waals surface area contributed by atoms with Crippen LogP contribution in [0.2, 0.25) is 0 Å². The fraction of sp³-hybridized carbons (Fsp3) is 0.370. The molecule has 0 bridgehead atoms. The summed E-state index contributed by atoms with van der Waals surface area (Å²) in [5, 5.41) is 12.8. The van der Waals surface area contributed by atoms with Gasteiger partial charge in [-0.2, -0.15) is 0 Å². The summed E-state index contributed by atoms with van der Waals surface area (Å²) in [4.78, 5) is 17.1. The predicted molar refractivity (Wildman–Crippen MR) is 124 cm³/mol. The molecule has 3 aromatic carbocycles. The van der Waals surface area contributed by atoms with Gasteiger partial charge in [-0.25, -0.2) is 4.39 Å². The summed E-state index contributed by atoms with van der Waals surface area (Å²) >= 11 is 0. The molecule has 1 amide bonds. The van der Waals surface area contributed by atoms with E-state index in [-0.39, 0.29) is 11.7 Å². The number of hydrogen-bond donors (Lipinski definition) is 1. The molecule has 2 heterocycles. The van der Waals surface area contributed by atoms with Gasteiger partial charge in [-0.15, -0.1) is 0 Å². The molecule has 5 rings (SSSR count). The minimum Gasteiger partial charge on any atom is -0.369 e. The van der Waals surface area contributed by atoms with Crippen LogP contribution in [0.1, 0.15) is 47.0 Å². The first-order valence-electron chi connectivity index (χ1n) is 11.6. The third-order valence-electron chi connectivity index (χ3n) is 7.12. The van der Waals surface area contributed by atoms with E-state index in [2.05, 4.69) is 4.90 Å². The molecule has 1 unspecified atom stereocenters. The van der Waals surface area contributed by atoms with Crippen molar-refractivity contribution >= 4 is 16.7 Å². The van der Waals surface area contributed by atoms with Gasteiger partial charge >= 0.3 is 0 Å². The van der Waals surface area contributed by atoms with E-state index < -0.39 is 6.23 Å². The summed E-state index contributed by atoms with van der Waals surface area (Å²) in [7, 11) is 0. The second kappa shape index (κ2) is 9.00. The number of hydrogen-bond acceptors (Lipinski definition) is 3. The van der Waals surface area contributed by atoms with Crippen molar-refractivity contribution in [2.24, 2.45) is 5.92 Å². The molecule has 0 saturated carbocycles. The van der Waals surface area contributed by atoms with Gasteiger partial charge in [-0.1, -0.05) is 42.5 Å². The molecule has 32 heavy (non-hydrogen) atoms. The van der Waals surface area contributed by atoms with E-state index >= 15 is 0 Å². The molecular weight excluding hydrogens is 403 g/mol. The highest BCUT2D eigenvalue weighted by molar-refractivity contribution is 6.10. The number of aliphatic hydroxyl groups excluding tert-OH is 1. The maximum Gasteiger partial charge on any atom is 0.256 e. The predicted octanol–water partition coefficient (Wildman–Crippen LogP) is 4.77. The second-order valence-electron chi connectivity index (χ2n) is 9.07. The number of amides is 1. The normalized spacial score (nSPS) is 19.6. The molecule has 0 spiro atoms. The molecule has 1 saturated heterocycles. The molecule has 0 radical (unpaired) electrons. The first-order chi connectivity index (χ1) is 15.6. The minimum atomic E-state index is -0.894. The van der Waals surface area contributed by atoms with Gasteiger partial charge in [0.25, 0.3) is 5.91 Å². The minimum absolute atomic E-state index is 0.0871. The summed E-state index contributed by atoms with van der Waals surface area (Å²) < 4.78 is 13.1. The van der Waals surface area contributed by atoms with Crippen molar-refractivity contribution in [3.63, 3.8) is 0 Å². The molecule has 0 aliphatic carbocycles. The van der Waals surface area contributed by atoms with Crippen LogP contribution in [0.5, 0.6) is 0 Å². The molecule has 3 aromatic rings. The standard InChI is InChI=1S/C27H29FN2O2/c28-22-11-9-19(10-12-22)7-8-20-13-15-29(16-14-20)17-18-30-26(31)23-5-1-3-21-4-2-6-24(25(21)23)27(30)32/h1-6,9-12,20,26,31H,7-8,13-18H2. The summed E-state index contributed by atoms with van der Waals surface area (Å²) in [5.74, 6) is 0.415. The SMILES string of the molecule is O=C1c2cccc3cccc(c23)C(O)N1CCN1CCC(CCc2ccc(F)cc2)CC1. The van der Waals surface area contributed by atoms with Crippen molar-refractivity contribution in [1.82, 2.24) is 9.80 Å². The zero-order chi connectivity index (χ0) is 22.1. The maximum absolute atomic E-state index is 13.1. The van der Waals surface area contributed by atoms with Crippen molar-refractivity contribution in [1.29, 1.82) is 0 Å². The van der Waals surface area contributed by atoms with Gasteiger partial charge in [0.2, 0.25) is 0 Å². The first-order valence-corrected chi connectivity index (χ1v) is 11.6. The van der Waals surface area contributed by atoms with E-state index in [9.17, 15) is 14.3 Å². The molecule has 5 heteroatoms. The number of rotatable bonds is 6. The second-order valence-corrected chi connectivity index (χ2v) is 9.07. The number of likely N-dealkylation sites (tertiary alicyclic amines) is 1. The number of aryl methyl sites for hydroxylation is 1. The smallest absolute Gasteiger partial charge is 0.256 e. The molecule has 2 aliphatic heterocycles. The molecule has 2 aliphatic rings. The average molecular weight is 433 g/mol. The Morgan fingerprint density at radius 2 is 1.66 bits per heavy atom. The Hall–Kier alpha value is -2.76. The Morgan fingerprint density at radius 3 is 2.41 bits per heavy atom. The molecular formula is C27H29FN2O2. The quantitative estimate of drug-likeness (QED) is 0.610. The topological polar surface area (TPSA) is 43.8 Å². The largest absolute Gasteiger partial charge is 0.369 e. The molecule has 1 N–H and O–H groups in total. The fourth-order valence-electron chi connectivity index (χ4n) is 5.19. The fourth-order valence-corrected chi connectivity index (χ4v) is 5.19. The van der Waals surface area contributed by atoms with E-state index in [0.29, 0.717) is 18.0 Å². The molecule has 1 atom stereocenters. The van der Waals surface area contributed by atoms with Crippen molar-refractivity contribution in [3.8, 4) is 0 Å². The van der Waals surface area contributed by atoms with Crippen LogP contribution in [0, 0.1) is 11.7 Å². The third-order valence-corrected chi connectivity index (χ3v) is 7.12. The number of aliphatic hydroxyl groups is 1. The molecule has 1 fully saturated rings. The lowest BCUT2D eigenvalue weighted by Crippen LogP contribution is -2.44. The highest BCUT2D eigenvalue weighted by Crippen LogP contribution is 2.35. The van der Waals surface area contributed by atoms with Crippen molar-refractivity contribution in [3.05, 3.63) is 83.2 Å². The number of nitrogens with zero attached hydrogens (tertiary/aromatic N) is 2. The lowest BCUT2D eigenvalue weighted by atomic mass is 9.90. The first kappa shape index (κ1) is 21.1. The van der Waals surface area contributed by atoms with Gasteiger partial charge in [0.1, 0.15) is 5.82 Å². The van der Waals surface area contributed by atoms with Crippen LogP contribution in [0.4, 0.5) is 4.39 Å². The highest BCUT2D eigenvalue weighted by atomic mass is 19.1. The highest BCUT2D eigenvalue weighted by Gasteiger charge is 2.33. The van der Waals surface area contributed by atoms with E-state index in [1.165, 1.54) is 17.7 Å². The summed E-state index contributed by atoms with van der Waals surface area (Å²) in [6.07, 6.45) is 3.50. The summed E-state index contributed by atoms with van der Waals surface area (Å²) in [6.45, 7) is 3.31. The Balaban J connectivity index is 1.15. The lowest BCUT2D eigenvalue weighted by molar-refractivity contribution is -0.000230. The van der Waals surface area contributed by atoms with Crippen molar-refractivity contribution < 1.29 is 14.3 Å². The average Bonchev–Trinajstić information content (AvgIpc) is 2.83. The number of carbonyl (C=O) groups excluding carboxylic acids is 1. The Bertz CT molecular complexity index is 1100. The number of benzene rings is 3. The number of carbonyl (C=O) groups is 1. The summed E-state index contributed by atoms with van der Waals surface area (Å²) in [6, 6.07) is 18.4. The Morgan fingerprint density at radius 1 is 0.938 bits per heavy atom. The van der Waals surface area contributed by atoms with E-state index in [0.717, 1.165) is 61.7 Å². The van der Waals surface area contributed by atoms with Gasteiger partial charge in [-0.3, -0.25) is 4.79 Å². The van der Waals surface area contributed by atoms with E-state index in [1.54, 1.807) is 4.90 Å². The van der Waals surface area contributed by atoms with Crippen LogP contribution >= 0.6 is 0 Å². The van der Waals surface area contributed by atoms with Crippen LogP contribution in [-0.2, 0) is 6.42 Å². The van der Waals surface area contributed by atoms with Crippen molar-refractivity contribution in [2.45, 2.75) is 31.9 Å². The van der Waals surface area contributed by atoms with Crippen molar-refractivity contribution in [2.75, 3.05) is 26.2 Å². The van der Waals surface area contributed by atoms with Gasteiger partial charge in [-0.05, 0) is 73.8 Å². The van der Waals surface area contributed by atoms with Gasteiger partial charge < -0.3 is 14.9 Å². The van der Waals surface area contributed by atoms with Crippen LogP contribution in [-0.4, -0.2) is 47.0 Å². The Kier molecular flexibility index (Phi) is 5.94. The van der Waals surface area contributed by atoms with E-state index in [4.69, 9.17) is 0 Å². The van der Waals surface area contributed by atoms with Gasteiger partial charge in [0.15, 0.2) is 6.23 Å². The zero-order valence-corrected chi connectivity index (χ0v) is 18.2. The maximum atomic E-state index is 13.1. The van der Waals surface area contributed by atoms with Crippen LogP contribution in [0.15, 0.2) is 60.7 Å². The van der Waals surface area contributed by atoms with Gasteiger partial charge in [0.05, 0.1) is 0 Å². The van der Waals surface area contributed by atoms with Crippen LogP contribution in [0.3, 0.4) is 0 Å². The monoisotopic (exact) mass is 432 g/mol. The van der Waals surface area contributed by atoms with Crippen LogP contribution < -0.4 is 0 Å². The summed E-state index contributed by atoms with van der Waals surface area (Å²) in [5.41, 5.74) is 2.70. The zero-order valence-electron chi connectivity index (χ0n) is 18.2. The third kappa shape index (κ3) is 4.15. The van der Waals surface area contributed by atoms with E-state index in [1.807, 2.05) is 48.5 Å². The lowest BCUT2D eigenvalue weighted by Gasteiger charge is -2.37.